The molecule has 3 N–H and O–H groups in total. The van der Waals surface area contributed by atoms with Gasteiger partial charge in [-0.05, 0) is 12.5 Å². The summed E-state index contributed by atoms with van der Waals surface area (Å²) < 4.78 is 1.75. The van der Waals surface area contributed by atoms with Gasteiger partial charge in [0.15, 0.2) is 0 Å². The Balaban J connectivity index is 2.24. The summed E-state index contributed by atoms with van der Waals surface area (Å²) >= 11 is 0. The lowest BCUT2D eigenvalue weighted by Crippen LogP contribution is -2.46. The van der Waals surface area contributed by atoms with E-state index < -0.39 is 0 Å². The minimum absolute atomic E-state index is 0.0110. The summed E-state index contributed by atoms with van der Waals surface area (Å²) in [5.41, 5.74) is 6.91. The Morgan fingerprint density at radius 1 is 1.71 bits per heavy atom. The summed E-state index contributed by atoms with van der Waals surface area (Å²) in [6.45, 7) is 0. The highest BCUT2D eigenvalue weighted by Crippen LogP contribution is 2.21. The molecule has 0 aromatic carbocycles. The molecule has 0 aliphatic carbocycles. The Hall–Kier alpha value is -1.36. The number of carbonyl (C=O) groups excluding carboxylic acids is 1. The number of nitrogens with one attached hydrogen (secondary N) is 1. The van der Waals surface area contributed by atoms with Crippen molar-refractivity contribution in [2.24, 2.45) is 12.8 Å². The minimum atomic E-state index is -0.0938. The maximum Gasteiger partial charge on any atom is 0.220 e. The van der Waals surface area contributed by atoms with Crippen LogP contribution >= 0.6 is 0 Å². The zero-order valence-electron chi connectivity index (χ0n) is 8.10. The number of nitrogens with zero attached hydrogens (tertiary/aromatic N) is 2. The first-order chi connectivity index (χ1) is 6.68. The van der Waals surface area contributed by atoms with Crippen LogP contribution in [0.5, 0.6) is 0 Å². The number of piperidine rings is 1. The number of carbonyl (C=O) groups is 1. The van der Waals surface area contributed by atoms with Crippen molar-refractivity contribution in [1.82, 2.24) is 15.1 Å². The van der Waals surface area contributed by atoms with Gasteiger partial charge in [0.25, 0.3) is 0 Å². The molecule has 14 heavy (non-hydrogen) atoms. The van der Waals surface area contributed by atoms with E-state index in [2.05, 4.69) is 10.4 Å². The van der Waals surface area contributed by atoms with Crippen molar-refractivity contribution in [2.45, 2.75) is 24.9 Å². The molecule has 2 rings (SSSR count). The number of aromatic nitrogens is 2. The summed E-state index contributed by atoms with van der Waals surface area (Å²) in [6.07, 6.45) is 2.97. The predicted molar refractivity (Wildman–Crippen MR) is 51.3 cm³/mol. The number of aryl methyl sites for hydroxylation is 1. The summed E-state index contributed by atoms with van der Waals surface area (Å²) in [6, 6.07) is 1.78. The van der Waals surface area contributed by atoms with Crippen molar-refractivity contribution in [3.05, 3.63) is 18.0 Å². The zero-order valence-corrected chi connectivity index (χ0v) is 8.10. The molecular formula is C9H14N4O. The third kappa shape index (κ3) is 1.50. The molecule has 2 heterocycles. The van der Waals surface area contributed by atoms with Gasteiger partial charge in [-0.15, -0.1) is 0 Å². The number of nitrogens with two attached hydrogens (primary N) is 1. The number of hydrogen-bond donors (Lipinski definition) is 2. The van der Waals surface area contributed by atoms with Gasteiger partial charge in [-0.2, -0.15) is 5.10 Å². The van der Waals surface area contributed by atoms with Crippen LogP contribution in [0.4, 0.5) is 0 Å². The lowest BCUT2D eigenvalue weighted by atomic mass is 9.96. The van der Waals surface area contributed by atoms with Gasteiger partial charge in [-0.25, -0.2) is 0 Å². The lowest BCUT2D eigenvalue weighted by Gasteiger charge is -2.29. The van der Waals surface area contributed by atoms with Crippen LogP contribution < -0.4 is 11.1 Å². The molecule has 5 heteroatoms. The third-order valence-corrected chi connectivity index (χ3v) is 2.63. The summed E-state index contributed by atoms with van der Waals surface area (Å²) in [7, 11) is 1.85. The largest absolute Gasteiger partial charge is 0.346 e. The van der Waals surface area contributed by atoms with Gasteiger partial charge < -0.3 is 11.1 Å². The van der Waals surface area contributed by atoms with Crippen LogP contribution in [0.15, 0.2) is 12.3 Å². The fourth-order valence-electron chi connectivity index (χ4n) is 1.80. The Bertz CT molecular complexity index is 346. The molecule has 2 atom stereocenters. The molecule has 0 spiro atoms. The van der Waals surface area contributed by atoms with E-state index in [-0.39, 0.29) is 18.0 Å². The molecule has 0 radical (unpaired) electrons. The standard InChI is InChI=1S/C9H14N4O/c1-13-7(4-5-11-13)9-6(10)2-3-8(14)12-9/h4-6,9H,2-3,10H2,1H3,(H,12,14)/t6-,9+/m0/s1. The number of hydrogen-bond acceptors (Lipinski definition) is 3. The second kappa shape index (κ2) is 3.42. The molecule has 0 unspecified atom stereocenters. The van der Waals surface area contributed by atoms with Crippen molar-refractivity contribution in [3.63, 3.8) is 0 Å². The van der Waals surface area contributed by atoms with Crippen LogP contribution in [0.25, 0.3) is 0 Å². The van der Waals surface area contributed by atoms with E-state index in [9.17, 15) is 4.79 Å². The van der Waals surface area contributed by atoms with E-state index in [0.717, 1.165) is 12.1 Å². The second-order valence-electron chi connectivity index (χ2n) is 3.63. The Morgan fingerprint density at radius 3 is 3.14 bits per heavy atom. The molecule has 1 aromatic heterocycles. The molecule has 1 aliphatic rings. The fourth-order valence-corrected chi connectivity index (χ4v) is 1.80. The van der Waals surface area contributed by atoms with Crippen LogP contribution in [0.2, 0.25) is 0 Å². The first-order valence-electron chi connectivity index (χ1n) is 4.71. The van der Waals surface area contributed by atoms with E-state index in [1.807, 2.05) is 13.1 Å². The topological polar surface area (TPSA) is 72.9 Å². The van der Waals surface area contributed by atoms with E-state index in [4.69, 9.17) is 5.73 Å². The summed E-state index contributed by atoms with van der Waals surface area (Å²) in [5, 5.41) is 6.95. The molecule has 76 valence electrons. The smallest absolute Gasteiger partial charge is 0.220 e. The molecule has 1 aliphatic heterocycles. The normalized spacial score (nSPS) is 27.4. The van der Waals surface area contributed by atoms with Gasteiger partial charge in [0.2, 0.25) is 5.91 Å². The van der Waals surface area contributed by atoms with Crippen LogP contribution in [0.1, 0.15) is 24.6 Å². The summed E-state index contributed by atoms with van der Waals surface area (Å²) in [4.78, 5) is 11.2. The zero-order chi connectivity index (χ0) is 10.1. The average Bonchev–Trinajstić information content (AvgIpc) is 2.56. The van der Waals surface area contributed by atoms with Crippen molar-refractivity contribution in [1.29, 1.82) is 0 Å². The molecular weight excluding hydrogens is 180 g/mol. The van der Waals surface area contributed by atoms with E-state index in [0.29, 0.717) is 6.42 Å². The van der Waals surface area contributed by atoms with E-state index in [1.54, 1.807) is 10.9 Å². The van der Waals surface area contributed by atoms with E-state index >= 15 is 0 Å². The predicted octanol–water partition coefficient (Wildman–Crippen LogP) is -0.302. The van der Waals surface area contributed by atoms with Crippen molar-refractivity contribution < 1.29 is 4.79 Å². The SMILES string of the molecule is Cn1nccc1[C@@H]1NC(=O)CC[C@@H]1N. The summed E-state index contributed by atoms with van der Waals surface area (Å²) in [5.74, 6) is 0.0675. The highest BCUT2D eigenvalue weighted by Gasteiger charge is 2.28. The molecule has 1 aromatic rings. The number of amides is 1. The highest BCUT2D eigenvalue weighted by molar-refractivity contribution is 5.77. The molecule has 1 fully saturated rings. The van der Waals surface area contributed by atoms with Crippen LogP contribution in [-0.2, 0) is 11.8 Å². The second-order valence-corrected chi connectivity index (χ2v) is 3.63. The first kappa shape index (κ1) is 9.21. The third-order valence-electron chi connectivity index (χ3n) is 2.63. The van der Waals surface area contributed by atoms with Crippen molar-refractivity contribution >= 4 is 5.91 Å². The van der Waals surface area contributed by atoms with Gasteiger partial charge in [-0.3, -0.25) is 9.48 Å². The minimum Gasteiger partial charge on any atom is -0.346 e. The van der Waals surface area contributed by atoms with Crippen LogP contribution in [0.3, 0.4) is 0 Å². The van der Waals surface area contributed by atoms with Gasteiger partial charge in [-0.1, -0.05) is 0 Å². The maximum atomic E-state index is 11.2. The van der Waals surface area contributed by atoms with Gasteiger partial charge in [0, 0.05) is 25.7 Å². The molecule has 5 nitrogen and oxygen atoms in total. The average molecular weight is 194 g/mol. The monoisotopic (exact) mass is 194 g/mol. The van der Waals surface area contributed by atoms with Gasteiger partial charge in [0.1, 0.15) is 0 Å². The lowest BCUT2D eigenvalue weighted by molar-refractivity contribution is -0.123. The number of rotatable bonds is 1. The molecule has 0 bridgehead atoms. The van der Waals surface area contributed by atoms with Crippen LogP contribution in [0, 0.1) is 0 Å². The van der Waals surface area contributed by atoms with Crippen LogP contribution in [-0.4, -0.2) is 21.7 Å². The van der Waals surface area contributed by atoms with Gasteiger partial charge >= 0.3 is 0 Å². The quantitative estimate of drug-likeness (QED) is 0.644. The Kier molecular flexibility index (Phi) is 2.25. The first-order valence-corrected chi connectivity index (χ1v) is 4.71. The van der Waals surface area contributed by atoms with Crippen molar-refractivity contribution in [3.8, 4) is 0 Å². The fraction of sp³-hybridized carbons (Fsp3) is 0.556. The van der Waals surface area contributed by atoms with E-state index in [1.165, 1.54) is 0 Å². The van der Waals surface area contributed by atoms with Gasteiger partial charge in [0.05, 0.1) is 11.7 Å². The maximum absolute atomic E-state index is 11.2. The highest BCUT2D eigenvalue weighted by atomic mass is 16.1. The molecule has 0 saturated carbocycles. The van der Waals surface area contributed by atoms with Crippen molar-refractivity contribution in [2.75, 3.05) is 0 Å². The molecule has 1 amide bonds. The Morgan fingerprint density at radius 2 is 2.50 bits per heavy atom. The Labute approximate surface area is 82.3 Å². The molecule has 1 saturated heterocycles.